The van der Waals surface area contributed by atoms with E-state index < -0.39 is 17.7 Å². The maximum absolute atomic E-state index is 13.5. The van der Waals surface area contributed by atoms with Crippen molar-refractivity contribution < 1.29 is 27.5 Å². The molecule has 158 valence electrons. The van der Waals surface area contributed by atoms with Crippen LogP contribution in [-0.2, 0) is 20.5 Å². The maximum Gasteiger partial charge on any atom is 0.418 e. The second-order valence-corrected chi connectivity index (χ2v) is 7.05. The summed E-state index contributed by atoms with van der Waals surface area (Å²) in [5.74, 6) is -1.03. The lowest BCUT2D eigenvalue weighted by atomic mass is 10.0. The fourth-order valence-electron chi connectivity index (χ4n) is 3.66. The van der Waals surface area contributed by atoms with Crippen LogP contribution in [0.1, 0.15) is 29.4 Å². The Kier molecular flexibility index (Phi) is 5.36. The predicted molar refractivity (Wildman–Crippen MR) is 106 cm³/mol. The number of nitrogens with zero attached hydrogens (tertiary/aromatic N) is 2. The van der Waals surface area contributed by atoms with Crippen molar-refractivity contribution in [1.29, 1.82) is 0 Å². The molecular weight excluding hydrogens is 397 g/mol. The molecule has 5 nitrogen and oxygen atoms in total. The first-order valence-electron chi connectivity index (χ1n) is 9.13. The number of amides is 1. The van der Waals surface area contributed by atoms with Gasteiger partial charge in [0.15, 0.2) is 0 Å². The highest BCUT2D eigenvalue weighted by Crippen LogP contribution is 2.36. The summed E-state index contributed by atoms with van der Waals surface area (Å²) in [6.07, 6.45) is -2.99. The number of esters is 1. The van der Waals surface area contributed by atoms with Crippen molar-refractivity contribution in [1.82, 2.24) is 9.47 Å². The number of alkyl halides is 3. The zero-order valence-corrected chi connectivity index (χ0v) is 17.2. The van der Waals surface area contributed by atoms with Crippen LogP contribution in [0.4, 0.5) is 13.2 Å². The SMILES string of the molecule is COC(=O)C1=C(C)N(C)C(=O)/C1=C\c1cc(C)n(-c2ccccc2C(F)(F)F)c1C. The number of carbonyl (C=O) groups is 2. The van der Waals surface area contributed by atoms with Crippen LogP contribution in [0.2, 0.25) is 0 Å². The number of carbonyl (C=O) groups excluding carboxylic acids is 2. The van der Waals surface area contributed by atoms with Crippen LogP contribution in [-0.4, -0.2) is 35.5 Å². The summed E-state index contributed by atoms with van der Waals surface area (Å²) in [5.41, 5.74) is 1.60. The van der Waals surface area contributed by atoms with E-state index in [2.05, 4.69) is 0 Å². The fourth-order valence-corrected chi connectivity index (χ4v) is 3.66. The Morgan fingerprint density at radius 3 is 2.37 bits per heavy atom. The lowest BCUT2D eigenvalue weighted by molar-refractivity contribution is -0.137. The van der Waals surface area contributed by atoms with Crippen molar-refractivity contribution in [2.45, 2.75) is 26.9 Å². The number of para-hydroxylation sites is 1. The lowest BCUT2D eigenvalue weighted by Gasteiger charge is -2.16. The molecule has 0 N–H and O–H groups in total. The molecule has 0 fully saturated rings. The van der Waals surface area contributed by atoms with Crippen molar-refractivity contribution in [3.05, 3.63) is 69.7 Å². The molecule has 1 aliphatic heterocycles. The van der Waals surface area contributed by atoms with Crippen molar-refractivity contribution >= 4 is 18.0 Å². The van der Waals surface area contributed by atoms with Crippen LogP contribution in [0.3, 0.4) is 0 Å². The van der Waals surface area contributed by atoms with Gasteiger partial charge in [-0.2, -0.15) is 13.2 Å². The number of aromatic nitrogens is 1. The lowest BCUT2D eigenvalue weighted by Crippen LogP contribution is -2.19. The van der Waals surface area contributed by atoms with Gasteiger partial charge in [0.05, 0.1) is 29.5 Å². The Labute approximate surface area is 172 Å². The summed E-state index contributed by atoms with van der Waals surface area (Å²) in [4.78, 5) is 26.2. The Morgan fingerprint density at radius 2 is 1.77 bits per heavy atom. The molecule has 3 rings (SSSR count). The van der Waals surface area contributed by atoms with E-state index in [1.807, 2.05) is 0 Å². The number of allylic oxidation sites excluding steroid dienone is 1. The van der Waals surface area contributed by atoms with Gasteiger partial charge >= 0.3 is 12.1 Å². The van der Waals surface area contributed by atoms with Crippen LogP contribution in [0.25, 0.3) is 11.8 Å². The molecule has 1 amide bonds. The molecule has 0 saturated heterocycles. The summed E-state index contributed by atoms with van der Waals surface area (Å²) >= 11 is 0. The highest BCUT2D eigenvalue weighted by molar-refractivity contribution is 6.16. The largest absolute Gasteiger partial charge is 0.465 e. The zero-order valence-electron chi connectivity index (χ0n) is 17.2. The van der Waals surface area contributed by atoms with Gasteiger partial charge < -0.3 is 14.2 Å². The van der Waals surface area contributed by atoms with Gasteiger partial charge in [0.2, 0.25) is 0 Å². The fraction of sp³-hybridized carbons (Fsp3) is 0.273. The van der Waals surface area contributed by atoms with Crippen molar-refractivity contribution in [2.24, 2.45) is 0 Å². The van der Waals surface area contributed by atoms with Crippen LogP contribution < -0.4 is 0 Å². The number of likely N-dealkylation sites (N-methyl/N-ethyl adjacent to an activating group) is 1. The summed E-state index contributed by atoms with van der Waals surface area (Å²) in [6.45, 7) is 4.99. The molecule has 1 aromatic carbocycles. The van der Waals surface area contributed by atoms with Gasteiger partial charge in [-0.1, -0.05) is 12.1 Å². The molecule has 0 radical (unpaired) electrons. The van der Waals surface area contributed by atoms with E-state index in [1.165, 1.54) is 34.8 Å². The molecule has 0 spiro atoms. The molecule has 0 atom stereocenters. The maximum atomic E-state index is 13.5. The van der Waals surface area contributed by atoms with Gasteiger partial charge in [0.25, 0.3) is 5.91 Å². The second-order valence-electron chi connectivity index (χ2n) is 7.05. The van der Waals surface area contributed by atoms with Crippen LogP contribution in [0.15, 0.2) is 47.2 Å². The Bertz CT molecular complexity index is 1110. The van der Waals surface area contributed by atoms with Crippen LogP contribution in [0, 0.1) is 13.8 Å². The number of aryl methyl sites for hydroxylation is 1. The van der Waals surface area contributed by atoms with E-state index in [-0.39, 0.29) is 22.7 Å². The number of hydrogen-bond donors (Lipinski definition) is 0. The van der Waals surface area contributed by atoms with Gasteiger partial charge in [-0.05, 0) is 50.6 Å². The van der Waals surface area contributed by atoms with Crippen molar-refractivity contribution in [2.75, 3.05) is 14.2 Å². The Hall–Kier alpha value is -3.29. The number of ether oxygens (including phenoxy) is 1. The third-order valence-corrected chi connectivity index (χ3v) is 5.28. The topological polar surface area (TPSA) is 51.5 Å². The van der Waals surface area contributed by atoms with Gasteiger partial charge in [-0.15, -0.1) is 0 Å². The first kappa shape index (κ1) is 21.4. The Morgan fingerprint density at radius 1 is 1.13 bits per heavy atom. The van der Waals surface area contributed by atoms with E-state index in [0.717, 1.165) is 6.07 Å². The summed E-state index contributed by atoms with van der Waals surface area (Å²) in [7, 11) is 2.77. The second kappa shape index (κ2) is 7.51. The van der Waals surface area contributed by atoms with Gasteiger partial charge in [-0.25, -0.2) is 4.79 Å². The summed E-state index contributed by atoms with van der Waals surface area (Å²) < 4.78 is 46.8. The third-order valence-electron chi connectivity index (χ3n) is 5.28. The quantitative estimate of drug-likeness (QED) is 0.548. The van der Waals surface area contributed by atoms with Gasteiger partial charge in [-0.3, -0.25) is 4.79 Å². The third kappa shape index (κ3) is 3.42. The first-order valence-corrected chi connectivity index (χ1v) is 9.13. The van der Waals surface area contributed by atoms with Gasteiger partial charge in [0, 0.05) is 24.1 Å². The normalized spacial score (nSPS) is 16.1. The van der Waals surface area contributed by atoms with E-state index in [1.54, 1.807) is 40.0 Å². The van der Waals surface area contributed by atoms with Gasteiger partial charge in [0.1, 0.15) is 0 Å². The highest BCUT2D eigenvalue weighted by Gasteiger charge is 2.36. The molecule has 2 aromatic rings. The molecule has 1 aliphatic rings. The van der Waals surface area contributed by atoms with Crippen molar-refractivity contribution in [3.63, 3.8) is 0 Å². The molecular formula is C22H21F3N2O3. The van der Waals surface area contributed by atoms with Crippen LogP contribution in [0.5, 0.6) is 0 Å². The smallest absolute Gasteiger partial charge is 0.418 e. The summed E-state index contributed by atoms with van der Waals surface area (Å²) in [6, 6.07) is 7.00. The van der Waals surface area contributed by atoms with Crippen molar-refractivity contribution in [3.8, 4) is 5.69 Å². The van der Waals surface area contributed by atoms with E-state index in [0.29, 0.717) is 22.6 Å². The zero-order chi connectivity index (χ0) is 22.4. The molecule has 0 aliphatic carbocycles. The molecule has 0 bridgehead atoms. The number of halogens is 3. The number of methoxy groups -OCH3 is 1. The minimum Gasteiger partial charge on any atom is -0.465 e. The average molecular weight is 418 g/mol. The van der Waals surface area contributed by atoms with Crippen LogP contribution >= 0.6 is 0 Å². The predicted octanol–water partition coefficient (Wildman–Crippen LogP) is 4.42. The number of benzene rings is 1. The number of rotatable bonds is 3. The standard InChI is InChI=1S/C22H21F3N2O3/c1-12-10-15(11-16-19(21(29)30-5)14(3)26(4)20(16)28)13(2)27(12)18-9-7-6-8-17(18)22(23,24)25/h6-11H,1-5H3/b16-11-. The van der Waals surface area contributed by atoms with E-state index in [4.69, 9.17) is 4.74 Å². The highest BCUT2D eigenvalue weighted by atomic mass is 19.4. The Balaban J connectivity index is 2.19. The molecule has 0 unspecified atom stereocenters. The van der Waals surface area contributed by atoms with E-state index in [9.17, 15) is 22.8 Å². The number of hydrogen-bond acceptors (Lipinski definition) is 3. The molecule has 30 heavy (non-hydrogen) atoms. The molecule has 0 saturated carbocycles. The first-order chi connectivity index (χ1) is 14.0. The monoisotopic (exact) mass is 418 g/mol. The van der Waals surface area contributed by atoms with E-state index >= 15 is 0 Å². The molecule has 2 heterocycles. The average Bonchev–Trinajstić information content (AvgIpc) is 3.08. The molecule has 8 heteroatoms. The minimum atomic E-state index is -4.51. The molecule has 1 aromatic heterocycles. The minimum absolute atomic E-state index is 0.000527. The summed E-state index contributed by atoms with van der Waals surface area (Å²) in [5, 5.41) is 0.